The summed E-state index contributed by atoms with van der Waals surface area (Å²) < 4.78 is 43.9. The summed E-state index contributed by atoms with van der Waals surface area (Å²) in [7, 11) is 0. The minimum Gasteiger partial charge on any atom is -0.457 e. The van der Waals surface area contributed by atoms with Crippen LogP contribution in [0.25, 0.3) is 0 Å². The Morgan fingerprint density at radius 1 is 1.06 bits per heavy atom. The van der Waals surface area contributed by atoms with Crippen molar-refractivity contribution in [2.75, 3.05) is 26.2 Å². The van der Waals surface area contributed by atoms with E-state index in [0.717, 1.165) is 31.6 Å². The zero-order valence-electron chi connectivity index (χ0n) is 17.8. The van der Waals surface area contributed by atoms with Crippen molar-refractivity contribution in [3.63, 3.8) is 0 Å². The first kappa shape index (κ1) is 23.1. The summed E-state index contributed by atoms with van der Waals surface area (Å²) in [5.74, 6) is 0.630. The van der Waals surface area contributed by atoms with E-state index in [0.29, 0.717) is 36.0 Å². The van der Waals surface area contributed by atoms with Gasteiger partial charge >= 0.3 is 6.18 Å². The average Bonchev–Trinajstić information content (AvgIpc) is 3.00. The van der Waals surface area contributed by atoms with Gasteiger partial charge in [0.2, 0.25) is 0 Å². The lowest BCUT2D eigenvalue weighted by molar-refractivity contribution is -0.137. The number of rotatable bonds is 5. The molecule has 2 aromatic rings. The van der Waals surface area contributed by atoms with E-state index >= 15 is 0 Å². The first-order valence-electron chi connectivity index (χ1n) is 10.4. The highest BCUT2D eigenvalue weighted by molar-refractivity contribution is 5.94. The van der Waals surface area contributed by atoms with Gasteiger partial charge in [-0.15, -0.1) is 0 Å². The highest BCUT2D eigenvalue weighted by atomic mass is 19.4. The number of hydrogen-bond donors (Lipinski definition) is 1. The van der Waals surface area contributed by atoms with Gasteiger partial charge in [0.25, 0.3) is 5.91 Å². The third kappa shape index (κ3) is 5.77. The zero-order chi connectivity index (χ0) is 22.6. The molecule has 8 heteroatoms. The second-order valence-corrected chi connectivity index (χ2v) is 7.93. The molecule has 0 saturated carbocycles. The topological polar surface area (TPSA) is 58.8 Å². The summed E-state index contributed by atoms with van der Waals surface area (Å²) >= 11 is 0. The van der Waals surface area contributed by atoms with E-state index in [2.05, 4.69) is 18.7 Å². The molecule has 0 unspecified atom stereocenters. The maximum Gasteiger partial charge on any atom is 0.416 e. The zero-order valence-corrected chi connectivity index (χ0v) is 17.8. The number of alkyl halides is 3. The summed E-state index contributed by atoms with van der Waals surface area (Å²) in [5.41, 5.74) is 6.25. The first-order chi connectivity index (χ1) is 14.7. The second kappa shape index (κ2) is 9.70. The summed E-state index contributed by atoms with van der Waals surface area (Å²) in [6.45, 7) is 7.61. The van der Waals surface area contributed by atoms with Crippen molar-refractivity contribution < 1.29 is 22.7 Å². The number of amides is 1. The number of carbonyl (C=O) groups is 1. The standard InChI is InChI=1S/C23H28F3N3O2/c1-16(2)28-10-3-11-29(13-12-28)22(30)17-4-9-21(18(14-17)15-27)31-20-7-5-19(6-8-20)23(24,25)26/h4-9,14,16H,3,10-13,15,27H2,1-2H3. The molecule has 1 amide bonds. The predicted octanol–water partition coefficient (Wildman–Crippen LogP) is 4.51. The van der Waals surface area contributed by atoms with Crippen molar-refractivity contribution in [3.8, 4) is 11.5 Å². The molecule has 168 valence electrons. The molecular weight excluding hydrogens is 407 g/mol. The lowest BCUT2D eigenvalue weighted by atomic mass is 10.1. The Morgan fingerprint density at radius 3 is 2.39 bits per heavy atom. The fourth-order valence-corrected chi connectivity index (χ4v) is 3.65. The lowest BCUT2D eigenvalue weighted by Gasteiger charge is -2.25. The van der Waals surface area contributed by atoms with Gasteiger partial charge in [-0.1, -0.05) is 0 Å². The van der Waals surface area contributed by atoms with Crippen LogP contribution in [0.1, 0.15) is 41.8 Å². The Bertz CT molecular complexity index is 898. The smallest absolute Gasteiger partial charge is 0.416 e. The molecule has 1 aliphatic rings. The van der Waals surface area contributed by atoms with Crippen LogP contribution in [0.2, 0.25) is 0 Å². The monoisotopic (exact) mass is 435 g/mol. The third-order valence-electron chi connectivity index (χ3n) is 5.48. The molecule has 31 heavy (non-hydrogen) atoms. The fraction of sp³-hybridized carbons (Fsp3) is 0.435. The predicted molar refractivity (Wildman–Crippen MR) is 113 cm³/mol. The highest BCUT2D eigenvalue weighted by Crippen LogP contribution is 2.32. The SMILES string of the molecule is CC(C)N1CCCN(C(=O)c2ccc(Oc3ccc(C(F)(F)F)cc3)c(CN)c2)CC1. The molecule has 0 aromatic heterocycles. The maximum absolute atomic E-state index is 13.0. The first-order valence-corrected chi connectivity index (χ1v) is 10.4. The van der Waals surface area contributed by atoms with E-state index in [4.69, 9.17) is 10.5 Å². The number of halogens is 3. The number of ether oxygens (including phenoxy) is 1. The van der Waals surface area contributed by atoms with Crippen LogP contribution in [0.4, 0.5) is 13.2 Å². The van der Waals surface area contributed by atoms with E-state index < -0.39 is 11.7 Å². The summed E-state index contributed by atoms with van der Waals surface area (Å²) in [6.07, 6.45) is -3.48. The molecule has 0 bridgehead atoms. The Kier molecular flexibility index (Phi) is 7.23. The summed E-state index contributed by atoms with van der Waals surface area (Å²) in [4.78, 5) is 17.2. The Hall–Kier alpha value is -2.58. The van der Waals surface area contributed by atoms with Crippen LogP contribution in [-0.4, -0.2) is 47.9 Å². The lowest BCUT2D eigenvalue weighted by Crippen LogP contribution is -2.37. The van der Waals surface area contributed by atoms with E-state index in [1.54, 1.807) is 18.2 Å². The molecule has 1 aliphatic heterocycles. The molecule has 2 N–H and O–H groups in total. The molecule has 0 aliphatic carbocycles. The molecule has 3 rings (SSSR count). The molecule has 0 radical (unpaired) electrons. The number of carbonyl (C=O) groups excluding carboxylic acids is 1. The number of nitrogens with two attached hydrogens (primary N) is 1. The van der Waals surface area contributed by atoms with Gasteiger partial charge in [-0.2, -0.15) is 13.2 Å². The number of nitrogens with zero attached hydrogens (tertiary/aromatic N) is 2. The minimum atomic E-state index is -4.40. The Morgan fingerprint density at radius 2 is 1.77 bits per heavy atom. The second-order valence-electron chi connectivity index (χ2n) is 7.93. The Balaban J connectivity index is 1.73. The summed E-state index contributed by atoms with van der Waals surface area (Å²) in [5, 5.41) is 0. The molecule has 1 saturated heterocycles. The molecule has 0 atom stereocenters. The van der Waals surface area contributed by atoms with E-state index in [-0.39, 0.29) is 18.2 Å². The van der Waals surface area contributed by atoms with Crippen LogP contribution < -0.4 is 10.5 Å². The van der Waals surface area contributed by atoms with E-state index in [1.165, 1.54) is 12.1 Å². The number of benzene rings is 2. The van der Waals surface area contributed by atoms with Crippen molar-refractivity contribution in [1.82, 2.24) is 9.80 Å². The van der Waals surface area contributed by atoms with Crippen molar-refractivity contribution >= 4 is 5.91 Å². The van der Waals surface area contributed by atoms with Gasteiger partial charge in [-0.25, -0.2) is 0 Å². The summed E-state index contributed by atoms with van der Waals surface area (Å²) in [6, 6.07) is 9.93. The minimum absolute atomic E-state index is 0.0543. The molecule has 0 spiro atoms. The van der Waals surface area contributed by atoms with Crippen LogP contribution in [0.15, 0.2) is 42.5 Å². The van der Waals surface area contributed by atoms with Crippen molar-refractivity contribution in [2.24, 2.45) is 5.73 Å². The molecule has 1 fully saturated rings. The van der Waals surface area contributed by atoms with Crippen molar-refractivity contribution in [3.05, 3.63) is 59.2 Å². The van der Waals surface area contributed by atoms with Gasteiger partial charge < -0.3 is 15.4 Å². The van der Waals surface area contributed by atoms with Crippen LogP contribution >= 0.6 is 0 Å². The van der Waals surface area contributed by atoms with E-state index in [9.17, 15) is 18.0 Å². The quantitative estimate of drug-likeness (QED) is 0.751. The third-order valence-corrected chi connectivity index (χ3v) is 5.48. The maximum atomic E-state index is 13.0. The average molecular weight is 435 g/mol. The van der Waals surface area contributed by atoms with Gasteiger partial charge in [-0.05, 0) is 62.7 Å². The van der Waals surface area contributed by atoms with Crippen molar-refractivity contribution in [1.29, 1.82) is 0 Å². The van der Waals surface area contributed by atoms with Crippen LogP contribution in [0.5, 0.6) is 11.5 Å². The largest absolute Gasteiger partial charge is 0.457 e. The van der Waals surface area contributed by atoms with Crippen LogP contribution in [-0.2, 0) is 12.7 Å². The van der Waals surface area contributed by atoms with Gasteiger partial charge in [0.05, 0.1) is 5.56 Å². The molecular formula is C23H28F3N3O2. The normalized spacial score (nSPS) is 15.8. The number of hydrogen-bond acceptors (Lipinski definition) is 4. The van der Waals surface area contributed by atoms with Gasteiger partial charge in [0, 0.05) is 49.9 Å². The van der Waals surface area contributed by atoms with Gasteiger partial charge in [0.15, 0.2) is 0 Å². The molecule has 2 aromatic carbocycles. The van der Waals surface area contributed by atoms with Crippen molar-refractivity contribution in [2.45, 2.75) is 39.0 Å². The van der Waals surface area contributed by atoms with Crippen LogP contribution in [0.3, 0.4) is 0 Å². The molecule has 1 heterocycles. The fourth-order valence-electron chi connectivity index (χ4n) is 3.65. The van der Waals surface area contributed by atoms with E-state index in [1.807, 2.05) is 4.90 Å². The highest BCUT2D eigenvalue weighted by Gasteiger charge is 2.30. The van der Waals surface area contributed by atoms with Crippen LogP contribution in [0, 0.1) is 0 Å². The molecule has 5 nitrogen and oxygen atoms in total. The van der Waals surface area contributed by atoms with Gasteiger partial charge in [-0.3, -0.25) is 9.69 Å². The van der Waals surface area contributed by atoms with Gasteiger partial charge in [0.1, 0.15) is 11.5 Å². The Labute approximate surface area is 180 Å².